The van der Waals surface area contributed by atoms with E-state index in [9.17, 15) is 0 Å². The number of unbranched alkanes of at least 4 members (excludes halogenated alkanes) is 31. The molecule has 0 radical (unpaired) electrons. The highest BCUT2D eigenvalue weighted by molar-refractivity contribution is 5.98. The second-order valence-corrected chi connectivity index (χ2v) is 15.0. The van der Waals surface area contributed by atoms with Gasteiger partial charge in [-0.25, -0.2) is 0 Å². The van der Waals surface area contributed by atoms with Gasteiger partial charge < -0.3 is 4.43 Å². The predicted octanol–water partition coefficient (Wildman–Crippen LogP) is 14.5. The van der Waals surface area contributed by atoms with Crippen LogP contribution in [-0.2, 0) is 4.43 Å². The van der Waals surface area contributed by atoms with Gasteiger partial charge in [0.25, 0.3) is 0 Å². The molecule has 0 rings (SSSR count). The first-order chi connectivity index (χ1) is 21.2. The molecule has 43 heavy (non-hydrogen) atoms. The molecule has 0 saturated carbocycles. The van der Waals surface area contributed by atoms with Crippen LogP contribution in [0.3, 0.4) is 0 Å². The molecule has 0 aliphatic rings. The molecular weight excluding hydrogens is 537 g/mol. The fourth-order valence-corrected chi connectivity index (χ4v) is 7.80. The van der Waals surface area contributed by atoms with Gasteiger partial charge in [0.15, 0.2) is 0 Å². The summed E-state index contributed by atoms with van der Waals surface area (Å²) in [6.07, 6.45) is 53.1. The van der Waals surface area contributed by atoms with E-state index < -0.39 is 0 Å². The van der Waals surface area contributed by atoms with E-state index in [0.717, 1.165) is 10.5 Å². The normalized spacial score (nSPS) is 12.1. The number of rotatable bonds is 38. The van der Waals surface area contributed by atoms with Crippen molar-refractivity contribution in [2.24, 2.45) is 0 Å². The molecule has 0 spiro atoms. The molecule has 0 aliphatic carbocycles. The smallest absolute Gasteiger partial charge is 0.146 e. The predicted molar refractivity (Wildman–Crippen MR) is 202 cm³/mol. The summed E-state index contributed by atoms with van der Waals surface area (Å²) >= 11 is 0. The minimum Gasteiger partial charge on any atom is -0.422 e. The summed E-state index contributed by atoms with van der Waals surface area (Å²) in [5, 5.41) is 0. The van der Waals surface area contributed by atoms with Gasteiger partial charge in [-0.05, 0) is 19.3 Å². The van der Waals surface area contributed by atoms with Gasteiger partial charge in [-0.3, -0.25) is 0 Å². The van der Waals surface area contributed by atoms with Crippen LogP contribution in [0.4, 0.5) is 0 Å². The first-order valence-corrected chi connectivity index (χ1v) is 21.6. The first kappa shape index (κ1) is 43.2. The lowest BCUT2D eigenvalue weighted by Crippen LogP contribution is -2.32. The van der Waals surface area contributed by atoms with Crippen molar-refractivity contribution in [3.63, 3.8) is 0 Å². The summed E-state index contributed by atoms with van der Waals surface area (Å²) in [4.78, 5) is 0. The fourth-order valence-electron chi connectivity index (χ4n) is 7.19. The zero-order chi connectivity index (χ0) is 31.4. The third kappa shape index (κ3) is 31.9. The maximum atomic E-state index is 6.56. The molecule has 0 heterocycles. The van der Waals surface area contributed by atoms with Gasteiger partial charge in [-0.15, -0.1) is 0 Å². The summed E-state index contributed by atoms with van der Waals surface area (Å²) in [7, 11) is 0.909. The van der Waals surface area contributed by atoms with Crippen LogP contribution in [0.25, 0.3) is 0 Å². The zero-order valence-electron chi connectivity index (χ0n) is 31.1. The van der Waals surface area contributed by atoms with Crippen LogP contribution in [0.15, 0.2) is 0 Å². The second kappa shape index (κ2) is 36.6. The number of hydrogen-bond donors (Lipinski definition) is 0. The standard InChI is InChI=1S/C41H86OSi/c1-4-7-10-13-16-19-22-25-28-31-34-37-40-41(42-43,38-35-32-29-26-23-20-17-14-11-8-5-2)39-36-33-30-27-24-21-18-15-12-9-6-3/h4-40H2,1-3,43H3. The van der Waals surface area contributed by atoms with E-state index >= 15 is 0 Å². The Balaban J connectivity index is 4.21. The van der Waals surface area contributed by atoms with Crippen molar-refractivity contribution in [2.45, 2.75) is 264 Å². The molecule has 0 N–H and O–H groups in total. The molecule has 1 nitrogen and oxygen atoms in total. The molecule has 0 atom stereocenters. The van der Waals surface area contributed by atoms with Crippen molar-refractivity contribution in [1.82, 2.24) is 0 Å². The quantitative estimate of drug-likeness (QED) is 0.0491. The summed E-state index contributed by atoms with van der Waals surface area (Å²) in [6.45, 7) is 6.95. The van der Waals surface area contributed by atoms with Gasteiger partial charge >= 0.3 is 0 Å². The van der Waals surface area contributed by atoms with Crippen molar-refractivity contribution in [2.75, 3.05) is 0 Å². The van der Waals surface area contributed by atoms with Crippen molar-refractivity contribution in [1.29, 1.82) is 0 Å². The van der Waals surface area contributed by atoms with E-state index in [1.54, 1.807) is 0 Å². The lowest BCUT2D eigenvalue weighted by atomic mass is 9.85. The molecular formula is C41H86OSi. The van der Waals surface area contributed by atoms with Crippen LogP contribution in [0.5, 0.6) is 0 Å². The van der Waals surface area contributed by atoms with Crippen LogP contribution in [-0.4, -0.2) is 16.1 Å². The highest BCUT2D eigenvalue weighted by atomic mass is 28.2. The van der Waals surface area contributed by atoms with Crippen LogP contribution in [0, 0.1) is 0 Å². The summed E-state index contributed by atoms with van der Waals surface area (Å²) < 4.78 is 6.56. The lowest BCUT2D eigenvalue weighted by Gasteiger charge is -2.34. The molecule has 0 aromatic carbocycles. The molecule has 0 amide bonds. The van der Waals surface area contributed by atoms with Gasteiger partial charge in [0.05, 0.1) is 5.60 Å². The van der Waals surface area contributed by atoms with Crippen molar-refractivity contribution in [3.8, 4) is 0 Å². The van der Waals surface area contributed by atoms with E-state index in [1.165, 1.54) is 238 Å². The van der Waals surface area contributed by atoms with Gasteiger partial charge in [0, 0.05) is 0 Å². The van der Waals surface area contributed by atoms with Crippen LogP contribution in [0.1, 0.15) is 258 Å². The largest absolute Gasteiger partial charge is 0.422 e. The molecule has 0 unspecified atom stereocenters. The molecule has 0 aliphatic heterocycles. The minimum absolute atomic E-state index is 0.225. The Morgan fingerprint density at radius 1 is 0.279 bits per heavy atom. The Morgan fingerprint density at radius 2 is 0.442 bits per heavy atom. The Kier molecular flexibility index (Phi) is 36.8. The van der Waals surface area contributed by atoms with Gasteiger partial charge in [-0.1, -0.05) is 239 Å². The number of hydrogen-bond acceptors (Lipinski definition) is 1. The molecule has 260 valence electrons. The average Bonchev–Trinajstić information content (AvgIpc) is 3.02. The molecule has 0 aromatic rings. The van der Waals surface area contributed by atoms with Gasteiger partial charge in [-0.2, -0.15) is 0 Å². The van der Waals surface area contributed by atoms with E-state index in [1.807, 2.05) is 0 Å². The maximum Gasteiger partial charge on any atom is 0.146 e. The Morgan fingerprint density at radius 3 is 0.605 bits per heavy atom. The molecule has 0 aromatic heterocycles. The second-order valence-electron chi connectivity index (χ2n) is 14.6. The Bertz CT molecular complexity index is 466. The van der Waals surface area contributed by atoms with E-state index in [0.29, 0.717) is 0 Å². The van der Waals surface area contributed by atoms with E-state index in [-0.39, 0.29) is 5.60 Å². The summed E-state index contributed by atoms with van der Waals surface area (Å²) in [6, 6.07) is 0. The van der Waals surface area contributed by atoms with Crippen molar-refractivity contribution >= 4 is 10.5 Å². The highest BCUT2D eigenvalue weighted by Crippen LogP contribution is 2.32. The van der Waals surface area contributed by atoms with Gasteiger partial charge in [0.1, 0.15) is 10.5 Å². The van der Waals surface area contributed by atoms with Gasteiger partial charge in [0.2, 0.25) is 0 Å². The average molecular weight is 623 g/mol. The highest BCUT2D eigenvalue weighted by Gasteiger charge is 2.27. The lowest BCUT2D eigenvalue weighted by molar-refractivity contribution is 0.0422. The Labute approximate surface area is 278 Å². The third-order valence-electron chi connectivity index (χ3n) is 10.4. The SMILES string of the molecule is CCCCCCCCCCCCCCC(CCCCCCCCCCCCC)(CCCCCCCCCCCCC)O[SiH3]. The van der Waals surface area contributed by atoms with E-state index in [2.05, 4.69) is 20.8 Å². The minimum atomic E-state index is 0.225. The molecule has 0 bridgehead atoms. The van der Waals surface area contributed by atoms with E-state index in [4.69, 9.17) is 4.43 Å². The maximum absolute atomic E-state index is 6.56. The molecule has 0 saturated heterocycles. The van der Waals surface area contributed by atoms with Crippen molar-refractivity contribution in [3.05, 3.63) is 0 Å². The zero-order valence-corrected chi connectivity index (χ0v) is 33.1. The molecule has 0 fully saturated rings. The van der Waals surface area contributed by atoms with Crippen LogP contribution in [0.2, 0.25) is 0 Å². The summed E-state index contributed by atoms with van der Waals surface area (Å²) in [5.74, 6) is 0. The summed E-state index contributed by atoms with van der Waals surface area (Å²) in [5.41, 5.74) is 0.225. The topological polar surface area (TPSA) is 9.23 Å². The van der Waals surface area contributed by atoms with Crippen molar-refractivity contribution < 1.29 is 4.43 Å². The Hall–Kier alpha value is 0.177. The monoisotopic (exact) mass is 623 g/mol. The van der Waals surface area contributed by atoms with Crippen LogP contribution >= 0.6 is 0 Å². The third-order valence-corrected chi connectivity index (χ3v) is 11.3. The van der Waals surface area contributed by atoms with Crippen LogP contribution < -0.4 is 0 Å². The fraction of sp³-hybridized carbons (Fsp3) is 1.00. The molecule has 2 heteroatoms. The first-order valence-electron chi connectivity index (χ1n) is 20.8.